The maximum absolute atomic E-state index is 13.5. The van der Waals surface area contributed by atoms with Crippen LogP contribution in [0.3, 0.4) is 0 Å². The first-order chi connectivity index (χ1) is 19.4. The van der Waals surface area contributed by atoms with Crippen LogP contribution in [0.15, 0.2) is 76.3 Å². The lowest BCUT2D eigenvalue weighted by Gasteiger charge is -2.29. The highest BCUT2D eigenvalue weighted by Crippen LogP contribution is 2.36. The van der Waals surface area contributed by atoms with Gasteiger partial charge < -0.3 is 19.4 Å². The highest BCUT2D eigenvalue weighted by molar-refractivity contribution is 6.16. The van der Waals surface area contributed by atoms with Crippen molar-refractivity contribution in [1.82, 2.24) is 15.2 Å². The Morgan fingerprint density at radius 2 is 1.70 bits per heavy atom. The van der Waals surface area contributed by atoms with Crippen LogP contribution in [0.4, 0.5) is 25.0 Å². The van der Waals surface area contributed by atoms with Crippen LogP contribution >= 0.6 is 0 Å². The molecule has 9 nitrogen and oxygen atoms in total. The van der Waals surface area contributed by atoms with Crippen molar-refractivity contribution >= 4 is 23.3 Å². The monoisotopic (exact) mass is 548 g/mol. The molecule has 0 radical (unpaired) electrons. The van der Waals surface area contributed by atoms with Gasteiger partial charge in [-0.3, -0.25) is 9.79 Å². The van der Waals surface area contributed by atoms with Crippen LogP contribution in [0.25, 0.3) is 11.5 Å². The van der Waals surface area contributed by atoms with Gasteiger partial charge in [0.2, 0.25) is 0 Å². The van der Waals surface area contributed by atoms with Crippen molar-refractivity contribution in [2.45, 2.75) is 18.8 Å². The van der Waals surface area contributed by atoms with E-state index in [2.05, 4.69) is 20.5 Å². The van der Waals surface area contributed by atoms with E-state index in [1.807, 2.05) is 54.6 Å². The first kappa shape index (κ1) is 25.7. The van der Waals surface area contributed by atoms with Gasteiger partial charge in [0, 0.05) is 36.8 Å². The van der Waals surface area contributed by atoms with Crippen molar-refractivity contribution in [3.63, 3.8) is 0 Å². The Balaban J connectivity index is 1.35. The lowest BCUT2D eigenvalue weighted by atomic mass is 9.96. The molecule has 204 valence electrons. The van der Waals surface area contributed by atoms with Crippen LogP contribution in [0, 0.1) is 0 Å². The van der Waals surface area contributed by atoms with Gasteiger partial charge in [-0.1, -0.05) is 59.7 Å². The molecule has 0 amide bonds. The normalized spacial score (nSPS) is 17.7. The second-order valence-corrected chi connectivity index (χ2v) is 9.30. The van der Waals surface area contributed by atoms with E-state index < -0.39 is 17.9 Å². The van der Waals surface area contributed by atoms with Crippen LogP contribution in [0.1, 0.15) is 22.3 Å². The number of aliphatic imine (C=N–C) groups is 1. The Labute approximate surface area is 226 Å². The molecule has 12 heteroatoms. The van der Waals surface area contributed by atoms with Crippen molar-refractivity contribution in [3.05, 3.63) is 89.1 Å². The average Bonchev–Trinajstić information content (AvgIpc) is 3.39. The Kier molecular flexibility index (Phi) is 6.76. The fraction of sp³-hybridized carbons (Fsp3) is 0.250. The fourth-order valence-electron chi connectivity index (χ4n) is 4.70. The molecule has 0 unspecified atom stereocenters. The number of hydrogen-bond donors (Lipinski definition) is 1. The molecule has 1 N–H and O–H groups in total. The number of carbonyl (C=O) groups excluding carboxylic acids is 1. The van der Waals surface area contributed by atoms with Crippen LogP contribution in [-0.4, -0.2) is 59.1 Å². The summed E-state index contributed by atoms with van der Waals surface area (Å²) in [5.41, 5.74) is 2.20. The van der Waals surface area contributed by atoms with Gasteiger partial charge >= 0.3 is 12.2 Å². The molecule has 0 saturated carbocycles. The number of fused-ring (bicyclic) bond motifs is 1. The number of alkyl halides is 3. The molecule has 2 aliphatic heterocycles. The second kappa shape index (κ2) is 10.5. The summed E-state index contributed by atoms with van der Waals surface area (Å²) in [5.74, 6) is -0.121. The molecule has 1 saturated heterocycles. The Hall–Kier alpha value is -4.58. The molecule has 2 aromatic heterocycles. The Morgan fingerprint density at radius 3 is 2.48 bits per heavy atom. The first-order valence-electron chi connectivity index (χ1n) is 12.6. The topological polar surface area (TPSA) is 106 Å². The number of nitrogens with zero attached hydrogens (tertiary/aromatic N) is 5. The number of ketones is 1. The third-order valence-corrected chi connectivity index (χ3v) is 6.67. The molecule has 40 heavy (non-hydrogen) atoms. The number of Topliss-reactive ketones (excluding diaryl/α,β-unsaturated/α-hetero) is 1. The van der Waals surface area contributed by atoms with Gasteiger partial charge in [-0.2, -0.15) is 13.2 Å². The lowest BCUT2D eigenvalue weighted by molar-refractivity contribution is -0.137. The molecule has 6 rings (SSSR count). The number of nitrogens with one attached hydrogen (secondary N) is 1. The quantitative estimate of drug-likeness (QED) is 0.392. The number of rotatable bonds is 5. The summed E-state index contributed by atoms with van der Waals surface area (Å²) in [6, 6.07) is 17.8. The summed E-state index contributed by atoms with van der Waals surface area (Å²) in [5, 5.41) is 10.9. The number of morpholine rings is 1. The number of ether oxygens (including phenoxy) is 1. The van der Waals surface area contributed by atoms with Gasteiger partial charge in [0.1, 0.15) is 5.82 Å². The molecule has 0 bridgehead atoms. The highest BCUT2D eigenvalue weighted by atomic mass is 19.4. The number of hydrogen-bond acceptors (Lipinski definition) is 9. The third kappa shape index (κ3) is 5.17. The zero-order valence-corrected chi connectivity index (χ0v) is 21.1. The van der Waals surface area contributed by atoms with Gasteiger partial charge in [0.05, 0.1) is 30.1 Å². The molecule has 2 aromatic carbocycles. The number of aromatic nitrogens is 3. The van der Waals surface area contributed by atoms with Gasteiger partial charge in [0.15, 0.2) is 11.9 Å². The fourth-order valence-corrected chi connectivity index (χ4v) is 4.70. The van der Waals surface area contributed by atoms with E-state index >= 15 is 0 Å². The Morgan fingerprint density at radius 1 is 0.950 bits per heavy atom. The van der Waals surface area contributed by atoms with E-state index in [-0.39, 0.29) is 35.5 Å². The van der Waals surface area contributed by atoms with Crippen LogP contribution in [-0.2, 0) is 22.1 Å². The summed E-state index contributed by atoms with van der Waals surface area (Å²) in [6.07, 6.45) is -4.77. The lowest BCUT2D eigenvalue weighted by Crippen LogP contribution is -2.37. The van der Waals surface area contributed by atoms with Gasteiger partial charge in [0.25, 0.3) is 5.89 Å². The molecule has 4 aromatic rings. The summed E-state index contributed by atoms with van der Waals surface area (Å²) >= 11 is 0. The molecule has 1 fully saturated rings. The zero-order valence-electron chi connectivity index (χ0n) is 21.1. The molecular formula is C28H23F3N6O3. The van der Waals surface area contributed by atoms with E-state index in [9.17, 15) is 18.0 Å². The smallest absolute Gasteiger partial charge is 0.403 e. The number of anilines is 2. The second-order valence-electron chi connectivity index (χ2n) is 9.30. The van der Waals surface area contributed by atoms with E-state index in [0.717, 1.165) is 29.0 Å². The number of benzene rings is 2. The highest BCUT2D eigenvalue weighted by Gasteiger charge is 2.34. The molecule has 4 heterocycles. The van der Waals surface area contributed by atoms with Crippen LogP contribution in [0.5, 0.6) is 0 Å². The zero-order chi connectivity index (χ0) is 27.7. The molecular weight excluding hydrogens is 525 g/mol. The third-order valence-electron chi connectivity index (χ3n) is 6.67. The van der Waals surface area contributed by atoms with E-state index in [0.29, 0.717) is 32.0 Å². The van der Waals surface area contributed by atoms with Crippen molar-refractivity contribution in [1.29, 1.82) is 0 Å². The summed E-state index contributed by atoms with van der Waals surface area (Å²) in [4.78, 5) is 23.9. The Bertz CT molecular complexity index is 1570. The van der Waals surface area contributed by atoms with Crippen molar-refractivity contribution in [2.24, 2.45) is 4.99 Å². The van der Waals surface area contributed by atoms with Gasteiger partial charge in [-0.05, 0) is 11.6 Å². The predicted molar refractivity (Wildman–Crippen MR) is 140 cm³/mol. The SMILES string of the molecule is O=C1Cc2ccccc2C(c2ccccc2)=N[C@@H]1Nc1nnc(-c2cc(C(F)(F)F)cnc2N2CCOCC2)o1. The summed E-state index contributed by atoms with van der Waals surface area (Å²) < 4.78 is 51.7. The minimum atomic E-state index is -4.61. The molecule has 1 atom stereocenters. The number of pyridine rings is 1. The maximum Gasteiger partial charge on any atom is 0.417 e. The number of halogens is 3. The largest absolute Gasteiger partial charge is 0.417 e. The van der Waals surface area contributed by atoms with E-state index in [1.54, 1.807) is 4.90 Å². The average molecular weight is 549 g/mol. The number of carbonyl (C=O) groups is 1. The van der Waals surface area contributed by atoms with Crippen molar-refractivity contribution in [3.8, 4) is 11.5 Å². The van der Waals surface area contributed by atoms with E-state index in [1.165, 1.54) is 0 Å². The van der Waals surface area contributed by atoms with E-state index in [4.69, 9.17) is 14.1 Å². The predicted octanol–water partition coefficient (Wildman–Crippen LogP) is 4.39. The first-order valence-corrected chi connectivity index (χ1v) is 12.6. The van der Waals surface area contributed by atoms with Gasteiger partial charge in [-0.15, -0.1) is 5.10 Å². The summed E-state index contributed by atoms with van der Waals surface area (Å²) in [6.45, 7) is 1.71. The van der Waals surface area contributed by atoms with Gasteiger partial charge in [-0.25, -0.2) is 4.98 Å². The molecule has 2 aliphatic rings. The molecule has 0 aliphatic carbocycles. The minimum Gasteiger partial charge on any atom is -0.403 e. The molecule has 0 spiro atoms. The van der Waals surface area contributed by atoms with Crippen molar-refractivity contribution in [2.75, 3.05) is 36.5 Å². The van der Waals surface area contributed by atoms with Crippen molar-refractivity contribution < 1.29 is 27.1 Å². The standard InChI is InChI=1S/C28H23F3N6O3/c29-28(30,31)19-15-21(25(32-16-19)37-10-12-39-13-11-37)26-35-36-27(40-26)34-24-22(38)14-18-8-4-5-9-20(18)23(33-24)17-6-2-1-3-7-17/h1-9,15-16,24H,10-14H2,(H,34,36)/t24-/m1/s1. The van der Waals surface area contributed by atoms with Crippen LogP contribution in [0.2, 0.25) is 0 Å². The van der Waals surface area contributed by atoms with Crippen LogP contribution < -0.4 is 10.2 Å². The minimum absolute atomic E-state index is 0.0327. The summed E-state index contributed by atoms with van der Waals surface area (Å²) in [7, 11) is 0. The maximum atomic E-state index is 13.5.